The normalized spacial score (nSPS) is 17.5. The number of benzene rings is 1. The van der Waals surface area contributed by atoms with Gasteiger partial charge in [0, 0.05) is 32.9 Å². The van der Waals surface area contributed by atoms with Crippen molar-refractivity contribution < 1.29 is 24.2 Å². The minimum atomic E-state index is -0.585. The first-order valence-electron chi connectivity index (χ1n) is 11.4. The molecule has 1 N–H and O–H groups in total. The molecule has 1 aromatic carbocycles. The second-order valence-electron chi connectivity index (χ2n) is 8.07. The quantitative estimate of drug-likeness (QED) is 0.275. The Bertz CT molecular complexity index is 718. The Morgan fingerprint density at radius 2 is 2.03 bits per heavy atom. The first-order chi connectivity index (χ1) is 15.0. The number of carbonyl (C=O) groups is 2. The molecule has 0 aromatic heterocycles. The molecule has 1 saturated heterocycles. The number of methoxy groups -OCH3 is 1. The van der Waals surface area contributed by atoms with Gasteiger partial charge in [0.1, 0.15) is 0 Å². The number of ether oxygens (including phenoxy) is 2. The van der Waals surface area contributed by atoms with Crippen molar-refractivity contribution in [3.63, 3.8) is 0 Å². The predicted molar refractivity (Wildman–Crippen MR) is 120 cm³/mol. The van der Waals surface area contributed by atoms with Crippen LogP contribution in [0, 0.1) is 0 Å². The fourth-order valence-electron chi connectivity index (χ4n) is 3.96. The number of hydrogen-bond acceptors (Lipinski definition) is 5. The van der Waals surface area contributed by atoms with Crippen LogP contribution in [0.25, 0.3) is 0 Å². The summed E-state index contributed by atoms with van der Waals surface area (Å²) in [6, 6.07) is 8.09. The summed E-state index contributed by atoms with van der Waals surface area (Å²) in [4.78, 5) is 25.5. The fraction of sp³-hybridized carbons (Fsp3) is 0.600. The molecule has 172 valence electrons. The first-order valence-corrected chi connectivity index (χ1v) is 11.4. The summed E-state index contributed by atoms with van der Waals surface area (Å²) in [6.45, 7) is 3.53. The van der Waals surface area contributed by atoms with Gasteiger partial charge in [-0.1, -0.05) is 49.3 Å². The summed E-state index contributed by atoms with van der Waals surface area (Å²) in [6.07, 6.45) is 9.28. The highest BCUT2D eigenvalue weighted by Gasteiger charge is 2.28. The van der Waals surface area contributed by atoms with Crippen LogP contribution in [0.4, 0.5) is 0 Å². The zero-order valence-corrected chi connectivity index (χ0v) is 18.9. The van der Waals surface area contributed by atoms with E-state index in [1.807, 2.05) is 48.2 Å². The van der Waals surface area contributed by atoms with Gasteiger partial charge in [-0.2, -0.15) is 0 Å². The molecule has 0 spiro atoms. The number of amides is 1. The van der Waals surface area contributed by atoms with Gasteiger partial charge in [0.05, 0.1) is 25.4 Å². The van der Waals surface area contributed by atoms with Gasteiger partial charge in [-0.25, -0.2) is 0 Å². The van der Waals surface area contributed by atoms with Crippen molar-refractivity contribution >= 4 is 11.9 Å². The predicted octanol–water partition coefficient (Wildman–Crippen LogP) is 3.80. The standard InChI is InChI=1S/C25H37NO5/c1-3-31-25(29)11-6-4-5-7-16-26-22(13-15-24(26)28)12-14-23(27)18-20-9-8-10-21(17-20)19-30-2/h8-10,12,14,17,22-23,27H,3-7,11,13,15-16,18-19H2,1-2H3/t22-,23+/m0/s1. The number of likely N-dealkylation sites (tertiary alicyclic amines) is 1. The summed E-state index contributed by atoms with van der Waals surface area (Å²) in [7, 11) is 1.67. The molecular formula is C25H37NO5. The SMILES string of the molecule is CCOC(=O)CCCCCCN1C(=O)CC[C@@H]1C=C[C@@H](O)Cc1cccc(COC)c1. The Morgan fingerprint density at radius 1 is 1.26 bits per heavy atom. The van der Waals surface area contributed by atoms with Gasteiger partial charge in [-0.3, -0.25) is 9.59 Å². The molecule has 1 fully saturated rings. The molecule has 1 heterocycles. The molecule has 6 nitrogen and oxygen atoms in total. The third-order valence-corrected chi connectivity index (χ3v) is 5.51. The van der Waals surface area contributed by atoms with Gasteiger partial charge in [0.25, 0.3) is 0 Å². The van der Waals surface area contributed by atoms with Gasteiger partial charge in [-0.15, -0.1) is 0 Å². The summed E-state index contributed by atoms with van der Waals surface area (Å²) < 4.78 is 10.1. The van der Waals surface area contributed by atoms with Crippen LogP contribution >= 0.6 is 0 Å². The minimum absolute atomic E-state index is 0.0570. The Hall–Kier alpha value is -2.18. The van der Waals surface area contributed by atoms with Crippen LogP contribution in [-0.4, -0.2) is 54.3 Å². The van der Waals surface area contributed by atoms with Crippen LogP contribution in [0.2, 0.25) is 0 Å². The van der Waals surface area contributed by atoms with E-state index in [0.29, 0.717) is 32.5 Å². The van der Waals surface area contributed by atoms with Crippen molar-refractivity contribution in [1.29, 1.82) is 0 Å². The van der Waals surface area contributed by atoms with Gasteiger partial charge in [-0.05, 0) is 37.3 Å². The van der Waals surface area contributed by atoms with Crippen LogP contribution in [-0.2, 0) is 32.1 Å². The van der Waals surface area contributed by atoms with Crippen LogP contribution in [0.3, 0.4) is 0 Å². The van der Waals surface area contributed by atoms with Gasteiger partial charge < -0.3 is 19.5 Å². The van der Waals surface area contributed by atoms with E-state index in [4.69, 9.17) is 9.47 Å². The van der Waals surface area contributed by atoms with Gasteiger partial charge in [0.2, 0.25) is 5.91 Å². The maximum absolute atomic E-state index is 12.3. The fourth-order valence-corrected chi connectivity index (χ4v) is 3.96. The number of esters is 1. The van der Waals surface area contributed by atoms with E-state index < -0.39 is 6.10 Å². The lowest BCUT2D eigenvalue weighted by molar-refractivity contribution is -0.143. The number of nitrogens with zero attached hydrogens (tertiary/aromatic N) is 1. The van der Waals surface area contributed by atoms with E-state index in [1.165, 1.54) is 0 Å². The molecule has 1 aromatic rings. The summed E-state index contributed by atoms with van der Waals surface area (Å²) >= 11 is 0. The number of aliphatic hydroxyl groups is 1. The highest BCUT2D eigenvalue weighted by molar-refractivity contribution is 5.79. The Kier molecular flexibility index (Phi) is 11.3. The molecule has 2 atom stereocenters. The topological polar surface area (TPSA) is 76.1 Å². The van der Waals surface area contributed by atoms with E-state index >= 15 is 0 Å². The van der Waals surface area contributed by atoms with Crippen LogP contribution in [0.5, 0.6) is 0 Å². The molecular weight excluding hydrogens is 394 g/mol. The lowest BCUT2D eigenvalue weighted by atomic mass is 10.0. The smallest absolute Gasteiger partial charge is 0.305 e. The van der Waals surface area contributed by atoms with Crippen molar-refractivity contribution in [2.45, 2.75) is 77.0 Å². The Balaban J connectivity index is 1.74. The summed E-state index contributed by atoms with van der Waals surface area (Å²) in [5.41, 5.74) is 2.15. The maximum atomic E-state index is 12.3. The molecule has 2 rings (SSSR count). The molecule has 0 unspecified atom stereocenters. The van der Waals surface area contributed by atoms with Gasteiger partial charge in [0.15, 0.2) is 0 Å². The summed E-state index contributed by atoms with van der Waals surface area (Å²) in [5, 5.41) is 10.4. The number of hydrogen-bond donors (Lipinski definition) is 1. The number of unbranched alkanes of at least 4 members (excludes halogenated alkanes) is 3. The van der Waals surface area contributed by atoms with Crippen molar-refractivity contribution in [2.75, 3.05) is 20.3 Å². The van der Waals surface area contributed by atoms with Crippen LogP contribution in [0.1, 0.15) is 63.0 Å². The monoisotopic (exact) mass is 431 g/mol. The number of aliphatic hydroxyl groups excluding tert-OH is 1. The van der Waals surface area contributed by atoms with E-state index in [9.17, 15) is 14.7 Å². The number of rotatable bonds is 14. The third kappa shape index (κ3) is 9.23. The molecule has 0 saturated carbocycles. The molecule has 1 amide bonds. The lowest BCUT2D eigenvalue weighted by Gasteiger charge is -2.22. The zero-order chi connectivity index (χ0) is 22.5. The van der Waals surface area contributed by atoms with Crippen LogP contribution < -0.4 is 0 Å². The summed E-state index contributed by atoms with van der Waals surface area (Å²) in [5.74, 6) is 0.0503. The highest BCUT2D eigenvalue weighted by atomic mass is 16.5. The van der Waals surface area contributed by atoms with Gasteiger partial charge >= 0.3 is 5.97 Å². The Morgan fingerprint density at radius 3 is 2.81 bits per heavy atom. The zero-order valence-electron chi connectivity index (χ0n) is 18.9. The molecule has 1 aliphatic rings. The molecule has 31 heavy (non-hydrogen) atoms. The van der Waals surface area contributed by atoms with Crippen molar-refractivity contribution in [3.8, 4) is 0 Å². The minimum Gasteiger partial charge on any atom is -0.466 e. The van der Waals surface area contributed by atoms with E-state index in [1.54, 1.807) is 7.11 Å². The third-order valence-electron chi connectivity index (χ3n) is 5.51. The highest BCUT2D eigenvalue weighted by Crippen LogP contribution is 2.21. The second-order valence-corrected chi connectivity index (χ2v) is 8.07. The van der Waals surface area contributed by atoms with Crippen molar-refractivity contribution in [1.82, 2.24) is 4.90 Å². The average Bonchev–Trinajstić information content (AvgIpc) is 3.09. The van der Waals surface area contributed by atoms with Crippen LogP contribution in [0.15, 0.2) is 36.4 Å². The van der Waals surface area contributed by atoms with Crippen molar-refractivity contribution in [2.24, 2.45) is 0 Å². The molecule has 6 heteroatoms. The average molecular weight is 432 g/mol. The molecule has 0 radical (unpaired) electrons. The van der Waals surface area contributed by atoms with E-state index in [-0.39, 0.29) is 17.9 Å². The number of carbonyl (C=O) groups excluding carboxylic acids is 2. The first kappa shape index (κ1) is 25.1. The second kappa shape index (κ2) is 14.0. The largest absolute Gasteiger partial charge is 0.466 e. The lowest BCUT2D eigenvalue weighted by Crippen LogP contribution is -2.32. The maximum Gasteiger partial charge on any atom is 0.305 e. The van der Waals surface area contributed by atoms with E-state index in [0.717, 1.165) is 49.8 Å². The molecule has 1 aliphatic heterocycles. The van der Waals surface area contributed by atoms with Crippen molar-refractivity contribution in [3.05, 3.63) is 47.5 Å². The molecule has 0 bridgehead atoms. The Labute approximate surface area is 186 Å². The molecule has 0 aliphatic carbocycles. The van der Waals surface area contributed by atoms with E-state index in [2.05, 4.69) is 0 Å².